The van der Waals surface area contributed by atoms with Gasteiger partial charge in [-0.2, -0.15) is 0 Å². The van der Waals surface area contributed by atoms with Crippen molar-refractivity contribution in [2.45, 2.75) is 20.3 Å². The van der Waals surface area contributed by atoms with E-state index in [1.165, 1.54) is 0 Å². The molecule has 0 aliphatic rings. The molecule has 0 fully saturated rings. The van der Waals surface area contributed by atoms with Crippen LogP contribution in [0.2, 0.25) is 0 Å². The third-order valence-electron chi connectivity index (χ3n) is 1.88. The van der Waals surface area contributed by atoms with E-state index in [4.69, 9.17) is 5.84 Å². The predicted octanol–water partition coefficient (Wildman–Crippen LogP) is 2.75. The average Bonchev–Trinajstić information content (AvgIpc) is 2.24. The molecule has 0 aliphatic heterocycles. The fourth-order valence-corrected chi connectivity index (χ4v) is 0.645. The smallest absolute Gasteiger partial charge is 0.140 e. The number of hydrazine groups is 1. The molecule has 0 aromatic carbocycles. The molecule has 0 saturated heterocycles. The fraction of sp³-hybridized carbons (Fsp3) is 0.364. The Kier molecular flexibility index (Phi) is 6.29. The first kappa shape index (κ1) is 13.6. The number of rotatable bonds is 6. The SMILES string of the molecule is C=C/C(F)=C\N(N)C(=C)N=CC(C)CC. The van der Waals surface area contributed by atoms with Crippen LogP contribution in [0.15, 0.2) is 42.1 Å². The number of nitrogens with zero attached hydrogens (tertiary/aromatic N) is 2. The Hall–Kier alpha value is -1.42. The maximum Gasteiger partial charge on any atom is 0.140 e. The standard InChI is InChI=1S/C11H18FN3/c1-5-9(3)7-14-10(4)15(13)8-11(12)6-2/h6-9H,2,4-5,13H2,1,3H3/b11-8+,14-7?. The minimum absolute atomic E-state index is 0.285. The summed E-state index contributed by atoms with van der Waals surface area (Å²) in [6.07, 6.45) is 4.86. The molecule has 0 aromatic heterocycles. The summed E-state index contributed by atoms with van der Waals surface area (Å²) >= 11 is 0. The van der Waals surface area contributed by atoms with Gasteiger partial charge in [-0.1, -0.05) is 27.0 Å². The molecule has 3 nitrogen and oxygen atoms in total. The van der Waals surface area contributed by atoms with E-state index in [-0.39, 0.29) is 5.82 Å². The number of aliphatic imine (C=N–C) groups is 1. The van der Waals surface area contributed by atoms with Crippen LogP contribution in [-0.4, -0.2) is 11.2 Å². The van der Waals surface area contributed by atoms with Crippen LogP contribution in [0.4, 0.5) is 4.39 Å². The maximum atomic E-state index is 12.7. The van der Waals surface area contributed by atoms with E-state index in [0.717, 1.165) is 23.7 Å². The Bertz CT molecular complexity index is 282. The molecule has 2 N–H and O–H groups in total. The van der Waals surface area contributed by atoms with Crippen LogP contribution < -0.4 is 5.84 Å². The van der Waals surface area contributed by atoms with Crippen molar-refractivity contribution in [2.75, 3.05) is 0 Å². The van der Waals surface area contributed by atoms with E-state index in [1.807, 2.05) is 6.92 Å². The normalized spacial score (nSPS) is 14.0. The highest BCUT2D eigenvalue weighted by molar-refractivity contribution is 5.61. The highest BCUT2D eigenvalue weighted by atomic mass is 19.1. The van der Waals surface area contributed by atoms with Gasteiger partial charge in [0.05, 0.1) is 6.20 Å². The topological polar surface area (TPSA) is 41.6 Å². The van der Waals surface area contributed by atoms with E-state index < -0.39 is 5.83 Å². The van der Waals surface area contributed by atoms with Gasteiger partial charge in [0, 0.05) is 6.21 Å². The van der Waals surface area contributed by atoms with Crippen molar-refractivity contribution >= 4 is 6.21 Å². The van der Waals surface area contributed by atoms with Gasteiger partial charge in [-0.15, -0.1) is 0 Å². The number of nitrogens with two attached hydrogens (primary N) is 1. The van der Waals surface area contributed by atoms with Crippen LogP contribution in [0.1, 0.15) is 20.3 Å². The second-order valence-electron chi connectivity index (χ2n) is 3.21. The van der Waals surface area contributed by atoms with Gasteiger partial charge in [0.1, 0.15) is 11.6 Å². The molecule has 84 valence electrons. The zero-order valence-corrected chi connectivity index (χ0v) is 9.28. The van der Waals surface area contributed by atoms with Gasteiger partial charge in [0.15, 0.2) is 0 Å². The largest absolute Gasteiger partial charge is 0.267 e. The Balaban J connectivity index is 4.34. The summed E-state index contributed by atoms with van der Waals surface area (Å²) in [7, 11) is 0. The molecule has 0 heterocycles. The van der Waals surface area contributed by atoms with Crippen LogP contribution in [0.3, 0.4) is 0 Å². The maximum absolute atomic E-state index is 12.7. The minimum Gasteiger partial charge on any atom is -0.267 e. The first-order chi connectivity index (χ1) is 7.01. The lowest BCUT2D eigenvalue weighted by atomic mass is 10.1. The number of hydrogen-bond donors (Lipinski definition) is 1. The van der Waals surface area contributed by atoms with Crippen molar-refractivity contribution in [3.05, 3.63) is 37.1 Å². The van der Waals surface area contributed by atoms with Crippen molar-refractivity contribution in [3.63, 3.8) is 0 Å². The summed E-state index contributed by atoms with van der Waals surface area (Å²) in [5, 5.41) is 1.02. The van der Waals surface area contributed by atoms with Crippen molar-refractivity contribution in [2.24, 2.45) is 16.8 Å². The van der Waals surface area contributed by atoms with Gasteiger partial charge in [-0.25, -0.2) is 15.2 Å². The second kappa shape index (κ2) is 6.95. The van der Waals surface area contributed by atoms with E-state index >= 15 is 0 Å². The Labute approximate surface area is 90.5 Å². The molecular weight excluding hydrogens is 193 g/mol. The van der Waals surface area contributed by atoms with Crippen LogP contribution in [0.5, 0.6) is 0 Å². The summed E-state index contributed by atoms with van der Waals surface area (Å²) in [6, 6.07) is 0. The number of halogens is 1. The van der Waals surface area contributed by atoms with Gasteiger partial charge < -0.3 is 0 Å². The molecule has 0 aromatic rings. The molecule has 1 atom stereocenters. The zero-order valence-electron chi connectivity index (χ0n) is 9.28. The monoisotopic (exact) mass is 211 g/mol. The third-order valence-corrected chi connectivity index (χ3v) is 1.88. The van der Waals surface area contributed by atoms with E-state index in [1.54, 1.807) is 6.21 Å². The minimum atomic E-state index is -0.530. The van der Waals surface area contributed by atoms with Gasteiger partial charge in [0.2, 0.25) is 0 Å². The lowest BCUT2D eigenvalue weighted by Crippen LogP contribution is -2.23. The molecule has 1 unspecified atom stereocenters. The Morgan fingerprint density at radius 3 is 2.73 bits per heavy atom. The first-order valence-electron chi connectivity index (χ1n) is 4.78. The number of allylic oxidation sites excluding steroid dienone is 2. The Morgan fingerprint density at radius 2 is 2.27 bits per heavy atom. The van der Waals surface area contributed by atoms with Gasteiger partial charge in [-0.3, -0.25) is 5.01 Å². The molecule has 0 bridgehead atoms. The van der Waals surface area contributed by atoms with Crippen LogP contribution in [0, 0.1) is 5.92 Å². The second-order valence-corrected chi connectivity index (χ2v) is 3.21. The first-order valence-corrected chi connectivity index (χ1v) is 4.78. The molecule has 4 heteroatoms. The average molecular weight is 211 g/mol. The third kappa shape index (κ3) is 5.80. The van der Waals surface area contributed by atoms with Gasteiger partial charge in [-0.05, 0) is 18.4 Å². The molecular formula is C11H18FN3. The van der Waals surface area contributed by atoms with E-state index in [9.17, 15) is 4.39 Å². The highest BCUT2D eigenvalue weighted by Gasteiger charge is 1.99. The highest BCUT2D eigenvalue weighted by Crippen LogP contribution is 2.05. The van der Waals surface area contributed by atoms with Crippen molar-refractivity contribution in [3.8, 4) is 0 Å². The molecule has 0 aliphatic carbocycles. The summed E-state index contributed by atoms with van der Waals surface area (Å²) in [5.41, 5.74) is 0. The van der Waals surface area contributed by atoms with Crippen molar-refractivity contribution in [1.29, 1.82) is 0 Å². The lowest BCUT2D eigenvalue weighted by molar-refractivity contribution is 0.469. The molecule has 0 saturated carbocycles. The van der Waals surface area contributed by atoms with Crippen LogP contribution >= 0.6 is 0 Å². The van der Waals surface area contributed by atoms with E-state index in [2.05, 4.69) is 25.1 Å². The van der Waals surface area contributed by atoms with Crippen molar-refractivity contribution < 1.29 is 4.39 Å². The molecule has 0 rings (SSSR count). The predicted molar refractivity (Wildman–Crippen MR) is 62.5 cm³/mol. The van der Waals surface area contributed by atoms with E-state index in [0.29, 0.717) is 5.92 Å². The van der Waals surface area contributed by atoms with Crippen molar-refractivity contribution in [1.82, 2.24) is 5.01 Å². The Morgan fingerprint density at radius 1 is 1.67 bits per heavy atom. The van der Waals surface area contributed by atoms with Gasteiger partial charge >= 0.3 is 0 Å². The summed E-state index contributed by atoms with van der Waals surface area (Å²) < 4.78 is 12.7. The summed E-state index contributed by atoms with van der Waals surface area (Å²) in [4.78, 5) is 4.02. The molecule has 0 radical (unpaired) electrons. The fourth-order valence-electron chi connectivity index (χ4n) is 0.645. The molecule has 15 heavy (non-hydrogen) atoms. The van der Waals surface area contributed by atoms with Crippen LogP contribution in [-0.2, 0) is 0 Å². The van der Waals surface area contributed by atoms with Crippen LogP contribution in [0.25, 0.3) is 0 Å². The molecule has 0 spiro atoms. The lowest BCUT2D eigenvalue weighted by Gasteiger charge is -2.12. The zero-order chi connectivity index (χ0) is 11.8. The summed E-state index contributed by atoms with van der Waals surface area (Å²) in [5.74, 6) is 5.58. The number of hydrogen-bond acceptors (Lipinski definition) is 3. The summed E-state index contributed by atoms with van der Waals surface area (Å²) in [6.45, 7) is 11.0. The quantitative estimate of drug-likeness (QED) is 0.317. The molecule has 0 amide bonds. The van der Waals surface area contributed by atoms with Gasteiger partial charge in [0.25, 0.3) is 0 Å².